The van der Waals surface area contributed by atoms with Crippen LogP contribution in [-0.4, -0.2) is 39.8 Å². The third kappa shape index (κ3) is 3.47. The minimum absolute atomic E-state index is 0. The zero-order valence-corrected chi connectivity index (χ0v) is 15.0. The van der Waals surface area contributed by atoms with E-state index in [0.29, 0.717) is 11.0 Å². The average Bonchev–Trinajstić information content (AvgIpc) is 2.79. The number of carbonyl (C=O) groups excluding carboxylic acids is 1. The summed E-state index contributed by atoms with van der Waals surface area (Å²) in [7, 11) is 1.76. The van der Waals surface area contributed by atoms with Gasteiger partial charge in [-0.05, 0) is 50.9 Å². The summed E-state index contributed by atoms with van der Waals surface area (Å²) in [5.41, 5.74) is 2.96. The van der Waals surface area contributed by atoms with Gasteiger partial charge in [0.05, 0.1) is 11.8 Å². The maximum atomic E-state index is 12.4. The van der Waals surface area contributed by atoms with Crippen LogP contribution in [0.1, 0.15) is 29.7 Å². The molecule has 0 radical (unpaired) electrons. The first-order chi connectivity index (χ1) is 11.0. The number of piperidine rings is 1. The fraction of sp³-hybridized carbons (Fsp3) is 0.562. The van der Waals surface area contributed by atoms with Crippen molar-refractivity contribution in [2.24, 2.45) is 7.05 Å². The summed E-state index contributed by atoms with van der Waals surface area (Å²) < 4.78 is 1.62. The molecule has 1 saturated heterocycles. The van der Waals surface area contributed by atoms with Gasteiger partial charge in [0, 0.05) is 18.8 Å². The lowest BCUT2D eigenvalue weighted by molar-refractivity contribution is -0.121. The van der Waals surface area contributed by atoms with Crippen LogP contribution in [0.15, 0.2) is 4.79 Å². The number of H-pyrrole nitrogens is 1. The van der Waals surface area contributed by atoms with Crippen molar-refractivity contribution in [2.75, 3.05) is 13.1 Å². The summed E-state index contributed by atoms with van der Waals surface area (Å²) in [6.07, 6.45) is 2.18. The number of nitrogens with one attached hydrogen (secondary N) is 3. The van der Waals surface area contributed by atoms with E-state index in [-0.39, 0.29) is 36.3 Å². The van der Waals surface area contributed by atoms with Crippen molar-refractivity contribution in [3.63, 3.8) is 0 Å². The van der Waals surface area contributed by atoms with E-state index in [4.69, 9.17) is 0 Å². The number of nitrogens with zero attached hydrogens (tertiary/aromatic N) is 2. The Morgan fingerprint density at radius 3 is 2.67 bits per heavy atom. The lowest BCUT2D eigenvalue weighted by Crippen LogP contribution is -2.43. The molecule has 132 valence electrons. The van der Waals surface area contributed by atoms with Gasteiger partial charge in [-0.1, -0.05) is 0 Å². The van der Waals surface area contributed by atoms with Gasteiger partial charge in [-0.2, -0.15) is 0 Å². The molecule has 3 rings (SSSR count). The number of pyridine rings is 1. The molecule has 0 bridgehead atoms. The first kappa shape index (κ1) is 18.5. The summed E-state index contributed by atoms with van der Waals surface area (Å²) in [5.74, 6) is -0.00314. The Kier molecular flexibility index (Phi) is 5.66. The predicted molar refractivity (Wildman–Crippen MR) is 95.8 cm³/mol. The number of hydrogen-bond acceptors (Lipinski definition) is 4. The molecule has 2 aromatic rings. The SMILES string of the molecule is Cc1nc2c(c(C)c1CC(=O)NC1CCNCC1)c(=O)[nH]n2C.Cl. The molecule has 0 saturated carbocycles. The largest absolute Gasteiger partial charge is 0.353 e. The third-order valence-electron chi connectivity index (χ3n) is 4.62. The fourth-order valence-electron chi connectivity index (χ4n) is 3.31. The Morgan fingerprint density at radius 1 is 1.33 bits per heavy atom. The number of aromatic amines is 1. The van der Waals surface area contributed by atoms with Gasteiger partial charge in [0.25, 0.3) is 5.56 Å². The second-order valence-electron chi connectivity index (χ2n) is 6.27. The second-order valence-corrected chi connectivity index (χ2v) is 6.27. The van der Waals surface area contributed by atoms with E-state index >= 15 is 0 Å². The highest BCUT2D eigenvalue weighted by molar-refractivity contribution is 5.85. The summed E-state index contributed by atoms with van der Waals surface area (Å²) in [6.45, 7) is 5.66. The van der Waals surface area contributed by atoms with Crippen molar-refractivity contribution in [2.45, 2.75) is 39.2 Å². The van der Waals surface area contributed by atoms with E-state index in [1.165, 1.54) is 0 Å². The molecule has 24 heavy (non-hydrogen) atoms. The predicted octanol–water partition coefficient (Wildman–Crippen LogP) is 0.711. The molecule has 1 amide bonds. The first-order valence-electron chi connectivity index (χ1n) is 8.02. The molecular formula is C16H24ClN5O2. The van der Waals surface area contributed by atoms with E-state index in [2.05, 4.69) is 20.7 Å². The lowest BCUT2D eigenvalue weighted by atomic mass is 10.0. The van der Waals surface area contributed by atoms with Crippen LogP contribution in [0.4, 0.5) is 0 Å². The Morgan fingerprint density at radius 2 is 2.00 bits per heavy atom. The van der Waals surface area contributed by atoms with E-state index < -0.39 is 0 Å². The summed E-state index contributed by atoms with van der Waals surface area (Å²) in [6, 6.07) is 0.237. The minimum atomic E-state index is -0.160. The van der Waals surface area contributed by atoms with E-state index in [1.54, 1.807) is 11.7 Å². The fourth-order valence-corrected chi connectivity index (χ4v) is 3.31. The van der Waals surface area contributed by atoms with Crippen molar-refractivity contribution in [3.05, 3.63) is 27.2 Å². The molecule has 0 unspecified atom stereocenters. The van der Waals surface area contributed by atoms with Gasteiger partial charge < -0.3 is 10.6 Å². The Hall–Kier alpha value is -1.86. The Labute approximate surface area is 146 Å². The minimum Gasteiger partial charge on any atom is -0.353 e. The van der Waals surface area contributed by atoms with Crippen LogP contribution in [0.3, 0.4) is 0 Å². The van der Waals surface area contributed by atoms with Crippen molar-refractivity contribution in [3.8, 4) is 0 Å². The molecule has 1 fully saturated rings. The smallest absolute Gasteiger partial charge is 0.273 e. The van der Waals surface area contributed by atoms with Crippen molar-refractivity contribution in [1.82, 2.24) is 25.4 Å². The molecule has 7 nitrogen and oxygen atoms in total. The Balaban J connectivity index is 0.00000208. The topological polar surface area (TPSA) is 91.8 Å². The summed E-state index contributed by atoms with van der Waals surface area (Å²) in [4.78, 5) is 28.9. The highest BCUT2D eigenvalue weighted by Gasteiger charge is 2.19. The number of fused-ring (bicyclic) bond motifs is 1. The average molecular weight is 354 g/mol. The number of aromatic nitrogens is 3. The third-order valence-corrected chi connectivity index (χ3v) is 4.62. The number of hydrogen-bond donors (Lipinski definition) is 3. The van der Waals surface area contributed by atoms with Crippen LogP contribution in [0, 0.1) is 13.8 Å². The van der Waals surface area contributed by atoms with Gasteiger partial charge in [0.15, 0.2) is 5.65 Å². The van der Waals surface area contributed by atoms with Crippen molar-refractivity contribution in [1.29, 1.82) is 0 Å². The molecule has 0 aromatic carbocycles. The highest BCUT2D eigenvalue weighted by atomic mass is 35.5. The maximum absolute atomic E-state index is 12.4. The van der Waals surface area contributed by atoms with Crippen LogP contribution >= 0.6 is 12.4 Å². The van der Waals surface area contributed by atoms with Gasteiger partial charge in [0.1, 0.15) is 0 Å². The Bertz CT molecular complexity index is 805. The summed E-state index contributed by atoms with van der Waals surface area (Å²) in [5, 5.41) is 9.67. The van der Waals surface area contributed by atoms with Crippen LogP contribution in [-0.2, 0) is 18.3 Å². The quantitative estimate of drug-likeness (QED) is 0.758. The molecule has 3 N–H and O–H groups in total. The van der Waals surface area contributed by atoms with Crippen LogP contribution in [0.2, 0.25) is 0 Å². The normalized spacial score (nSPS) is 15.3. The first-order valence-corrected chi connectivity index (χ1v) is 8.02. The van der Waals surface area contributed by atoms with Crippen molar-refractivity contribution >= 4 is 29.3 Å². The summed E-state index contributed by atoms with van der Waals surface area (Å²) >= 11 is 0. The van der Waals surface area contributed by atoms with E-state index in [1.807, 2.05) is 13.8 Å². The molecule has 8 heteroatoms. The molecule has 2 aromatic heterocycles. The molecule has 1 aliphatic heterocycles. The second kappa shape index (κ2) is 7.36. The lowest BCUT2D eigenvalue weighted by Gasteiger charge is -2.24. The van der Waals surface area contributed by atoms with Gasteiger partial charge in [-0.3, -0.25) is 19.4 Å². The zero-order valence-electron chi connectivity index (χ0n) is 14.2. The van der Waals surface area contributed by atoms with Crippen LogP contribution in [0.5, 0.6) is 0 Å². The van der Waals surface area contributed by atoms with Gasteiger partial charge in [-0.25, -0.2) is 4.98 Å². The molecular weight excluding hydrogens is 330 g/mol. The monoisotopic (exact) mass is 353 g/mol. The van der Waals surface area contributed by atoms with Gasteiger partial charge in [-0.15, -0.1) is 12.4 Å². The standard InChI is InChI=1S/C16H23N5O2.ClH/c1-9-12(8-13(22)19-11-4-6-17-7-5-11)10(2)18-15-14(9)16(23)20-21(15)3;/h11,17H,4-8H2,1-3H3,(H,19,22)(H,20,23);1H. The molecule has 1 aliphatic rings. The number of aryl methyl sites for hydroxylation is 3. The molecule has 0 spiro atoms. The number of amides is 1. The zero-order chi connectivity index (χ0) is 16.6. The van der Waals surface area contributed by atoms with Crippen LogP contribution in [0.25, 0.3) is 11.0 Å². The highest BCUT2D eigenvalue weighted by Crippen LogP contribution is 2.20. The number of carbonyl (C=O) groups is 1. The maximum Gasteiger partial charge on any atom is 0.273 e. The van der Waals surface area contributed by atoms with Gasteiger partial charge in [0.2, 0.25) is 5.91 Å². The van der Waals surface area contributed by atoms with E-state index in [0.717, 1.165) is 42.8 Å². The van der Waals surface area contributed by atoms with Crippen LogP contribution < -0.4 is 16.2 Å². The molecule has 3 heterocycles. The molecule has 0 aliphatic carbocycles. The number of halogens is 1. The van der Waals surface area contributed by atoms with Gasteiger partial charge >= 0.3 is 0 Å². The molecule has 0 atom stereocenters. The number of rotatable bonds is 3. The van der Waals surface area contributed by atoms with E-state index in [9.17, 15) is 9.59 Å². The van der Waals surface area contributed by atoms with Crippen molar-refractivity contribution < 1.29 is 4.79 Å².